The van der Waals surface area contributed by atoms with Gasteiger partial charge in [-0.15, -0.1) is 12.1 Å². The monoisotopic (exact) mass is 282 g/mol. The Hall–Kier alpha value is 0.341. The van der Waals surface area contributed by atoms with Crippen LogP contribution in [0.1, 0.15) is 12.6 Å². The van der Waals surface area contributed by atoms with E-state index in [1.54, 1.807) is 23.2 Å². The quantitative estimate of drug-likeness (QED) is 0.675. The normalized spacial score (nSPS) is 11.2. The molecule has 18 heavy (non-hydrogen) atoms. The summed E-state index contributed by atoms with van der Waals surface area (Å²) in [4.78, 5) is 5.76. The van der Waals surface area contributed by atoms with Gasteiger partial charge in [-0.05, 0) is 25.2 Å². The molecule has 0 saturated heterocycles. The maximum atomic E-state index is 12.4. The van der Waals surface area contributed by atoms with E-state index in [9.17, 15) is 12.9 Å². The van der Waals surface area contributed by atoms with Gasteiger partial charge < -0.3 is 12.9 Å². The molecule has 0 aromatic carbocycles. The summed E-state index contributed by atoms with van der Waals surface area (Å²) in [6, 6.07) is 5.39. The Balaban J connectivity index is 0.00000289. The number of aromatic nitrogens is 1. The van der Waals surface area contributed by atoms with Crippen molar-refractivity contribution in [3.63, 3.8) is 0 Å². The van der Waals surface area contributed by atoms with E-state index in [-0.39, 0.29) is 57.9 Å². The van der Waals surface area contributed by atoms with Crippen LogP contribution in [0.2, 0.25) is 0 Å². The third-order valence-electron chi connectivity index (χ3n) is 2.45. The van der Waals surface area contributed by atoms with E-state index in [2.05, 4.69) is 11.6 Å². The van der Waals surface area contributed by atoms with E-state index in [1.165, 1.54) is 0 Å². The minimum Gasteiger partial charge on any atom is -0.445 e. The summed E-state index contributed by atoms with van der Waals surface area (Å²) < 4.78 is 37.2. The van der Waals surface area contributed by atoms with Gasteiger partial charge in [-0.2, -0.15) is 0 Å². The molecule has 0 bridgehead atoms. The van der Waals surface area contributed by atoms with Gasteiger partial charge in [-0.25, -0.2) is 0 Å². The summed E-state index contributed by atoms with van der Waals surface area (Å²) in [6.07, 6.45) is 1.63. The molecule has 1 rings (SSSR count). The van der Waals surface area contributed by atoms with E-state index in [1.807, 2.05) is 13.0 Å². The van der Waals surface area contributed by atoms with Crippen LogP contribution in [0.5, 0.6) is 0 Å². The fourth-order valence-corrected chi connectivity index (χ4v) is 1.39. The van der Waals surface area contributed by atoms with Crippen molar-refractivity contribution in [2.45, 2.75) is 13.5 Å². The second-order valence-corrected chi connectivity index (χ2v) is 3.86. The molecule has 1 aromatic heterocycles. The Morgan fingerprint density at radius 2 is 2.06 bits per heavy atom. The van der Waals surface area contributed by atoms with Crippen molar-refractivity contribution in [3.8, 4) is 0 Å². The summed E-state index contributed by atoms with van der Waals surface area (Å²) >= 11 is 0. The summed E-state index contributed by atoms with van der Waals surface area (Å²) in [5.41, 5.74) is 0.0969. The Morgan fingerprint density at radius 1 is 1.39 bits per heavy atom. The first-order valence-electron chi connectivity index (χ1n) is 5.43. The minimum absolute atomic E-state index is 0. The number of pyridine rings is 1. The van der Waals surface area contributed by atoms with Crippen LogP contribution in [0.25, 0.3) is 0 Å². The van der Waals surface area contributed by atoms with Gasteiger partial charge in [0.2, 0.25) is 0 Å². The molecule has 1 heterocycles. The zero-order valence-electron chi connectivity index (χ0n) is 10.7. The van der Waals surface area contributed by atoms with E-state index < -0.39 is 12.4 Å². The molecule has 0 unspecified atom stereocenters. The minimum atomic E-state index is -4.95. The van der Waals surface area contributed by atoms with Gasteiger partial charge in [-0.1, -0.05) is 13.0 Å². The summed E-state index contributed by atoms with van der Waals surface area (Å²) in [7, 11) is 0. The van der Waals surface area contributed by atoms with Gasteiger partial charge >= 0.3 is 58.4 Å². The predicted molar refractivity (Wildman–Crippen MR) is 63.4 cm³/mol. The standard InChI is InChI=1S/C11H15BF3N2.K/c1-3-17(8-10(2)12(13,14)15)9-11-6-4-5-7-16-11;/h4-7H,2-3,8-9H2,1H3;/q-1;+1. The van der Waals surface area contributed by atoms with Crippen LogP contribution < -0.4 is 51.4 Å². The first-order valence-corrected chi connectivity index (χ1v) is 5.43. The Bertz CT molecular complexity index is 370. The molecule has 0 aliphatic rings. The predicted octanol–water partition coefficient (Wildman–Crippen LogP) is -0.150. The average molecular weight is 282 g/mol. The van der Waals surface area contributed by atoms with Gasteiger partial charge in [-0.3, -0.25) is 9.88 Å². The molecule has 2 nitrogen and oxygen atoms in total. The maximum absolute atomic E-state index is 12.4. The number of hydrogen-bond donors (Lipinski definition) is 0. The summed E-state index contributed by atoms with van der Waals surface area (Å²) in [5.74, 6) is 0. The molecule has 0 radical (unpaired) electrons. The van der Waals surface area contributed by atoms with Gasteiger partial charge in [0.15, 0.2) is 0 Å². The molecular weight excluding hydrogens is 267 g/mol. The van der Waals surface area contributed by atoms with Crippen molar-refractivity contribution in [2.75, 3.05) is 13.1 Å². The van der Waals surface area contributed by atoms with Crippen LogP contribution in [-0.2, 0) is 6.54 Å². The molecule has 1 aromatic rings. The van der Waals surface area contributed by atoms with Crippen molar-refractivity contribution >= 4 is 6.98 Å². The van der Waals surface area contributed by atoms with E-state index >= 15 is 0 Å². The van der Waals surface area contributed by atoms with Crippen LogP contribution in [0.3, 0.4) is 0 Å². The molecule has 0 atom stereocenters. The number of rotatable bonds is 6. The second-order valence-electron chi connectivity index (χ2n) is 3.86. The van der Waals surface area contributed by atoms with Crippen LogP contribution in [0.15, 0.2) is 36.4 Å². The molecule has 0 aliphatic heterocycles. The third kappa shape index (κ3) is 6.49. The fraction of sp³-hybridized carbons (Fsp3) is 0.364. The van der Waals surface area contributed by atoms with Crippen LogP contribution in [0, 0.1) is 0 Å². The molecule has 0 amide bonds. The molecule has 0 spiro atoms. The van der Waals surface area contributed by atoms with Gasteiger partial charge in [0.1, 0.15) is 0 Å². The van der Waals surface area contributed by atoms with Crippen molar-refractivity contribution in [3.05, 3.63) is 42.1 Å². The second kappa shape index (κ2) is 8.50. The first-order chi connectivity index (χ1) is 7.93. The summed E-state index contributed by atoms with van der Waals surface area (Å²) in [6.45, 7) is 0.746. The largest absolute Gasteiger partial charge is 1.00 e. The molecule has 0 N–H and O–H groups in total. The van der Waals surface area contributed by atoms with Crippen molar-refractivity contribution in [1.29, 1.82) is 0 Å². The van der Waals surface area contributed by atoms with Crippen LogP contribution >= 0.6 is 0 Å². The number of hydrogen-bond acceptors (Lipinski definition) is 2. The molecule has 0 saturated carbocycles. The average Bonchev–Trinajstić information content (AvgIpc) is 2.28. The fourth-order valence-electron chi connectivity index (χ4n) is 1.39. The van der Waals surface area contributed by atoms with E-state index in [4.69, 9.17) is 0 Å². The third-order valence-corrected chi connectivity index (χ3v) is 2.45. The van der Waals surface area contributed by atoms with Crippen molar-refractivity contribution in [1.82, 2.24) is 9.88 Å². The molecule has 0 fully saturated rings. The zero-order chi connectivity index (χ0) is 12.9. The SMILES string of the molecule is C=C(CN(CC)Cc1ccccn1)[B-](F)(F)F.[K+]. The zero-order valence-corrected chi connectivity index (χ0v) is 13.9. The smallest absolute Gasteiger partial charge is 0.445 e. The topological polar surface area (TPSA) is 16.1 Å². The number of nitrogens with zero attached hydrogens (tertiary/aromatic N) is 2. The Morgan fingerprint density at radius 3 is 2.50 bits per heavy atom. The molecule has 94 valence electrons. The van der Waals surface area contributed by atoms with Crippen LogP contribution in [-0.4, -0.2) is 30.0 Å². The van der Waals surface area contributed by atoms with Crippen molar-refractivity contribution < 1.29 is 64.3 Å². The van der Waals surface area contributed by atoms with Gasteiger partial charge in [0, 0.05) is 12.7 Å². The summed E-state index contributed by atoms with van der Waals surface area (Å²) in [5, 5.41) is 0. The Labute approximate surface area is 148 Å². The number of halogens is 3. The van der Waals surface area contributed by atoms with Crippen LogP contribution in [0.4, 0.5) is 12.9 Å². The van der Waals surface area contributed by atoms with Gasteiger partial charge in [0.25, 0.3) is 0 Å². The van der Waals surface area contributed by atoms with E-state index in [0.29, 0.717) is 13.1 Å². The molecular formula is C11H15BF3KN2. The van der Waals surface area contributed by atoms with E-state index in [0.717, 1.165) is 5.69 Å². The maximum Gasteiger partial charge on any atom is 1.00 e. The Kier molecular flexibility index (Phi) is 8.66. The molecule has 7 heteroatoms. The van der Waals surface area contributed by atoms with Crippen molar-refractivity contribution in [2.24, 2.45) is 0 Å². The molecule has 0 aliphatic carbocycles. The first kappa shape index (κ1) is 18.3. The number of likely N-dealkylation sites (N-methyl/N-ethyl adjacent to an activating group) is 1. The van der Waals surface area contributed by atoms with Gasteiger partial charge in [0.05, 0.1) is 5.69 Å².